The van der Waals surface area contributed by atoms with E-state index in [9.17, 15) is 4.39 Å². The molecule has 1 aromatic rings. The van der Waals surface area contributed by atoms with E-state index in [-0.39, 0.29) is 10.8 Å². The summed E-state index contributed by atoms with van der Waals surface area (Å²) in [4.78, 5) is 0. The molecule has 0 spiro atoms. The Bertz CT molecular complexity index is 344. The van der Waals surface area contributed by atoms with Crippen molar-refractivity contribution in [2.45, 2.75) is 26.3 Å². The third kappa shape index (κ3) is 5.71. The van der Waals surface area contributed by atoms with Crippen molar-refractivity contribution in [1.82, 2.24) is 5.32 Å². The molecule has 0 heterocycles. The largest absolute Gasteiger partial charge is 0.313 e. The smallest absolute Gasteiger partial charge is 0.141 e. The van der Waals surface area contributed by atoms with Gasteiger partial charge in [-0.3, -0.25) is 0 Å². The summed E-state index contributed by atoms with van der Waals surface area (Å²) in [5.41, 5.74) is 1.00. The Balaban J connectivity index is 2.20. The van der Waals surface area contributed by atoms with Gasteiger partial charge in [-0.15, -0.1) is 11.6 Å². The summed E-state index contributed by atoms with van der Waals surface area (Å²) in [5, 5.41) is 3.48. The van der Waals surface area contributed by atoms with Crippen molar-refractivity contribution in [2.75, 3.05) is 12.4 Å². The van der Waals surface area contributed by atoms with Gasteiger partial charge in [0.25, 0.3) is 0 Å². The van der Waals surface area contributed by atoms with Crippen LogP contribution in [-0.4, -0.2) is 12.4 Å². The highest BCUT2D eigenvalue weighted by atomic mass is 35.5. The molecule has 1 atom stereocenters. The molecular formula is C13H18Cl2FN. The van der Waals surface area contributed by atoms with E-state index < -0.39 is 0 Å². The lowest BCUT2D eigenvalue weighted by Crippen LogP contribution is -2.15. The van der Waals surface area contributed by atoms with Gasteiger partial charge in [0.15, 0.2) is 0 Å². The zero-order valence-corrected chi connectivity index (χ0v) is 11.5. The first-order chi connectivity index (χ1) is 8.13. The summed E-state index contributed by atoms with van der Waals surface area (Å²) >= 11 is 11.4. The van der Waals surface area contributed by atoms with Crippen molar-refractivity contribution in [2.24, 2.45) is 5.92 Å². The molecule has 1 N–H and O–H groups in total. The highest BCUT2D eigenvalue weighted by Crippen LogP contribution is 2.15. The zero-order chi connectivity index (χ0) is 12.7. The van der Waals surface area contributed by atoms with Gasteiger partial charge in [-0.25, -0.2) is 4.39 Å². The molecule has 0 aliphatic carbocycles. The summed E-state index contributed by atoms with van der Waals surface area (Å²) in [6.07, 6.45) is 2.23. The summed E-state index contributed by atoms with van der Waals surface area (Å²) in [6.45, 7) is 3.80. The number of benzene rings is 1. The summed E-state index contributed by atoms with van der Waals surface area (Å²) in [6, 6.07) is 4.80. The normalized spacial score (nSPS) is 12.7. The van der Waals surface area contributed by atoms with Crippen LogP contribution in [0.4, 0.5) is 4.39 Å². The third-order valence-corrected chi connectivity index (χ3v) is 3.44. The van der Waals surface area contributed by atoms with Crippen LogP contribution in [0.25, 0.3) is 0 Å². The monoisotopic (exact) mass is 277 g/mol. The minimum Gasteiger partial charge on any atom is -0.313 e. The predicted molar refractivity (Wildman–Crippen MR) is 72.2 cm³/mol. The highest BCUT2D eigenvalue weighted by molar-refractivity contribution is 6.30. The van der Waals surface area contributed by atoms with Crippen LogP contribution in [0.1, 0.15) is 25.3 Å². The lowest BCUT2D eigenvalue weighted by Gasteiger charge is -2.08. The Hall–Kier alpha value is -0.310. The van der Waals surface area contributed by atoms with Crippen LogP contribution in [-0.2, 0) is 6.54 Å². The molecule has 1 aromatic carbocycles. The molecule has 0 fully saturated rings. The number of nitrogens with one attached hydrogen (secondary N) is 1. The van der Waals surface area contributed by atoms with Crippen molar-refractivity contribution in [3.8, 4) is 0 Å². The van der Waals surface area contributed by atoms with Gasteiger partial charge in [-0.1, -0.05) is 24.6 Å². The Kier molecular flexibility index (Phi) is 6.86. The summed E-state index contributed by atoms with van der Waals surface area (Å²) in [5.74, 6) is 0.915. The second-order valence-corrected chi connectivity index (χ2v) is 5.04. The lowest BCUT2D eigenvalue weighted by atomic mass is 10.1. The molecular weight excluding hydrogens is 260 g/mol. The van der Waals surface area contributed by atoms with Gasteiger partial charge in [0, 0.05) is 12.4 Å². The quantitative estimate of drug-likeness (QED) is 0.581. The SMILES string of the molecule is CC(CCl)CCCNCc1ccc(F)c(Cl)c1. The lowest BCUT2D eigenvalue weighted by molar-refractivity contribution is 0.531. The van der Waals surface area contributed by atoms with Gasteiger partial charge in [0.2, 0.25) is 0 Å². The minimum atomic E-state index is -0.369. The van der Waals surface area contributed by atoms with Gasteiger partial charge >= 0.3 is 0 Å². The molecule has 1 nitrogen and oxygen atoms in total. The van der Waals surface area contributed by atoms with Crippen molar-refractivity contribution in [3.63, 3.8) is 0 Å². The van der Waals surface area contributed by atoms with Crippen molar-refractivity contribution >= 4 is 23.2 Å². The van der Waals surface area contributed by atoms with E-state index in [4.69, 9.17) is 23.2 Å². The van der Waals surface area contributed by atoms with Gasteiger partial charge < -0.3 is 5.32 Å². The average Bonchev–Trinajstić information content (AvgIpc) is 2.33. The molecule has 1 unspecified atom stereocenters. The van der Waals surface area contributed by atoms with Crippen LogP contribution < -0.4 is 5.32 Å². The summed E-state index contributed by atoms with van der Waals surface area (Å²) in [7, 11) is 0. The number of alkyl halides is 1. The summed E-state index contributed by atoms with van der Waals surface area (Å²) < 4.78 is 12.9. The first kappa shape index (κ1) is 14.7. The molecule has 0 radical (unpaired) electrons. The van der Waals surface area contributed by atoms with Gasteiger partial charge in [0.05, 0.1) is 5.02 Å². The van der Waals surface area contributed by atoms with Gasteiger partial charge in [-0.2, -0.15) is 0 Å². The molecule has 4 heteroatoms. The fraction of sp³-hybridized carbons (Fsp3) is 0.538. The fourth-order valence-corrected chi connectivity index (χ4v) is 1.89. The molecule has 17 heavy (non-hydrogen) atoms. The van der Waals surface area contributed by atoms with E-state index >= 15 is 0 Å². The average molecular weight is 278 g/mol. The number of halogens is 3. The maximum atomic E-state index is 12.9. The Morgan fingerprint density at radius 3 is 2.82 bits per heavy atom. The number of hydrogen-bond acceptors (Lipinski definition) is 1. The minimum absolute atomic E-state index is 0.181. The molecule has 0 aromatic heterocycles. The van der Waals surface area contributed by atoms with Crippen molar-refractivity contribution < 1.29 is 4.39 Å². The molecule has 0 saturated carbocycles. The van der Waals surface area contributed by atoms with E-state index in [0.717, 1.165) is 31.5 Å². The van der Waals surface area contributed by atoms with Crippen LogP contribution in [0.5, 0.6) is 0 Å². The van der Waals surface area contributed by atoms with Gasteiger partial charge in [0.1, 0.15) is 5.82 Å². The standard InChI is InChI=1S/C13H18Cl2FN/c1-10(8-14)3-2-6-17-9-11-4-5-13(16)12(15)7-11/h4-5,7,10,17H,2-3,6,8-9H2,1H3. The van der Waals surface area contributed by atoms with Crippen LogP contribution in [0.15, 0.2) is 18.2 Å². The number of rotatable bonds is 7. The first-order valence-electron chi connectivity index (χ1n) is 5.84. The van der Waals surface area contributed by atoms with E-state index in [0.29, 0.717) is 11.8 Å². The topological polar surface area (TPSA) is 12.0 Å². The molecule has 0 aliphatic heterocycles. The third-order valence-electron chi connectivity index (χ3n) is 2.63. The van der Waals surface area contributed by atoms with Gasteiger partial charge in [-0.05, 0) is 43.0 Å². The molecule has 0 aliphatic rings. The van der Waals surface area contributed by atoms with Crippen molar-refractivity contribution in [3.05, 3.63) is 34.6 Å². The van der Waals surface area contributed by atoms with Crippen LogP contribution in [0, 0.1) is 11.7 Å². The highest BCUT2D eigenvalue weighted by Gasteiger charge is 2.01. The van der Waals surface area contributed by atoms with E-state index in [1.165, 1.54) is 6.07 Å². The van der Waals surface area contributed by atoms with Crippen LogP contribution in [0.2, 0.25) is 5.02 Å². The molecule has 0 amide bonds. The Labute approximate surface area is 112 Å². The van der Waals surface area contributed by atoms with Crippen molar-refractivity contribution in [1.29, 1.82) is 0 Å². The molecule has 96 valence electrons. The Morgan fingerprint density at radius 1 is 1.41 bits per heavy atom. The second kappa shape index (κ2) is 7.91. The first-order valence-corrected chi connectivity index (χ1v) is 6.75. The second-order valence-electron chi connectivity index (χ2n) is 4.33. The van der Waals surface area contributed by atoms with E-state index in [1.807, 2.05) is 0 Å². The van der Waals surface area contributed by atoms with E-state index in [1.54, 1.807) is 12.1 Å². The molecule has 0 bridgehead atoms. The maximum Gasteiger partial charge on any atom is 0.141 e. The Morgan fingerprint density at radius 2 is 2.18 bits per heavy atom. The van der Waals surface area contributed by atoms with E-state index in [2.05, 4.69) is 12.2 Å². The zero-order valence-electron chi connectivity index (χ0n) is 9.98. The fourth-order valence-electron chi connectivity index (χ4n) is 1.53. The van der Waals surface area contributed by atoms with Crippen LogP contribution in [0.3, 0.4) is 0 Å². The molecule has 0 saturated heterocycles. The molecule has 1 rings (SSSR count). The predicted octanol–water partition coefficient (Wildman–Crippen LogP) is 4.22. The number of hydrogen-bond donors (Lipinski definition) is 1. The maximum absolute atomic E-state index is 12.9. The van der Waals surface area contributed by atoms with Crippen LogP contribution >= 0.6 is 23.2 Å².